The van der Waals surface area contributed by atoms with Crippen LogP contribution in [0.25, 0.3) is 5.70 Å². The first-order valence-corrected chi connectivity index (χ1v) is 9.07. The van der Waals surface area contributed by atoms with E-state index in [0.717, 1.165) is 25.2 Å². The third-order valence-corrected chi connectivity index (χ3v) is 6.03. The first-order valence-electron chi connectivity index (χ1n) is 9.07. The summed E-state index contributed by atoms with van der Waals surface area (Å²) in [6.07, 6.45) is 0.868. The fourth-order valence-electron chi connectivity index (χ4n) is 4.20. The zero-order chi connectivity index (χ0) is 18.7. The second kappa shape index (κ2) is 5.98. The molecule has 0 radical (unpaired) electrons. The van der Waals surface area contributed by atoms with Crippen LogP contribution in [-0.4, -0.2) is 55.7 Å². The van der Waals surface area contributed by atoms with E-state index in [-0.39, 0.29) is 11.6 Å². The molecule has 2 atom stereocenters. The fourth-order valence-corrected chi connectivity index (χ4v) is 4.20. The molecule has 0 saturated carbocycles. The predicted molar refractivity (Wildman–Crippen MR) is 98.7 cm³/mol. The predicted octanol–water partition coefficient (Wildman–Crippen LogP) is 3.33. The van der Waals surface area contributed by atoms with Crippen molar-refractivity contribution in [1.29, 1.82) is 0 Å². The van der Waals surface area contributed by atoms with Crippen molar-refractivity contribution in [3.05, 3.63) is 46.9 Å². The van der Waals surface area contributed by atoms with E-state index in [9.17, 15) is 8.78 Å². The van der Waals surface area contributed by atoms with E-state index >= 15 is 0 Å². The summed E-state index contributed by atoms with van der Waals surface area (Å²) in [5.41, 5.74) is 2.36. The first kappa shape index (κ1) is 17.3. The molecular formula is C20H25F2N3O. The van der Waals surface area contributed by atoms with Crippen molar-refractivity contribution in [2.75, 3.05) is 38.7 Å². The van der Waals surface area contributed by atoms with Gasteiger partial charge in [0.05, 0.1) is 23.7 Å². The van der Waals surface area contributed by atoms with Crippen molar-refractivity contribution in [3.8, 4) is 0 Å². The molecule has 4 rings (SSSR count). The normalized spacial score (nSPS) is 26.2. The van der Waals surface area contributed by atoms with Gasteiger partial charge in [0.1, 0.15) is 5.82 Å². The Morgan fingerprint density at radius 3 is 2.69 bits per heavy atom. The quantitative estimate of drug-likeness (QED) is 0.706. The molecule has 3 aliphatic heterocycles. The number of fused-ring (bicyclic) bond motifs is 4. The Labute approximate surface area is 153 Å². The zero-order valence-corrected chi connectivity index (χ0v) is 15.8. The number of rotatable bonds is 0. The lowest BCUT2D eigenvalue weighted by molar-refractivity contribution is 0.0864. The van der Waals surface area contributed by atoms with Gasteiger partial charge in [-0.2, -0.15) is 0 Å². The lowest BCUT2D eigenvalue weighted by atomic mass is 9.95. The number of nitrogens with zero attached hydrogens (tertiary/aromatic N) is 3. The van der Waals surface area contributed by atoms with Gasteiger partial charge in [-0.15, -0.1) is 0 Å². The van der Waals surface area contributed by atoms with E-state index in [1.54, 1.807) is 11.9 Å². The summed E-state index contributed by atoms with van der Waals surface area (Å²) < 4.78 is 35.5. The highest BCUT2D eigenvalue weighted by molar-refractivity contribution is 5.86. The average Bonchev–Trinajstić information content (AvgIpc) is 2.77. The Balaban J connectivity index is 1.95. The molecule has 3 heterocycles. The standard InChI is InChI=1S/C20H25F2N3O/c1-11-9-25-14(10-23(11)4)6-7-26-20-13(3)24(5)18-15(19(20)25)8-16(21)12(2)17(18)22/h8,11,14H,3,6-7,9-10H2,1-2,4-5H3. The van der Waals surface area contributed by atoms with Gasteiger partial charge in [-0.3, -0.25) is 4.90 Å². The topological polar surface area (TPSA) is 19.0 Å². The molecule has 6 heteroatoms. The summed E-state index contributed by atoms with van der Waals surface area (Å²) in [5, 5.41) is 0. The van der Waals surface area contributed by atoms with Gasteiger partial charge in [0, 0.05) is 49.8 Å². The van der Waals surface area contributed by atoms with Gasteiger partial charge in [-0.05, 0) is 27.0 Å². The summed E-state index contributed by atoms with van der Waals surface area (Å²) in [4.78, 5) is 6.28. The van der Waals surface area contributed by atoms with Crippen LogP contribution in [0.1, 0.15) is 24.5 Å². The van der Waals surface area contributed by atoms with Crippen molar-refractivity contribution in [2.24, 2.45) is 0 Å². The molecule has 1 aromatic rings. The Bertz CT molecular complexity index is 820. The molecule has 1 fully saturated rings. The second-order valence-electron chi connectivity index (χ2n) is 7.61. The van der Waals surface area contributed by atoms with Crippen molar-refractivity contribution in [1.82, 2.24) is 9.80 Å². The molecule has 0 spiro atoms. The highest BCUT2D eigenvalue weighted by Gasteiger charge is 2.40. The highest BCUT2D eigenvalue weighted by atomic mass is 19.1. The molecular weight excluding hydrogens is 336 g/mol. The highest BCUT2D eigenvalue weighted by Crippen LogP contribution is 2.46. The number of hydrogen-bond acceptors (Lipinski definition) is 4. The summed E-state index contributed by atoms with van der Waals surface area (Å²) in [6, 6.07) is 2.04. The first-order chi connectivity index (χ1) is 12.3. The minimum atomic E-state index is -0.531. The monoisotopic (exact) mass is 361 g/mol. The molecule has 4 nitrogen and oxygen atoms in total. The molecule has 1 saturated heterocycles. The third kappa shape index (κ3) is 2.35. The smallest absolute Gasteiger partial charge is 0.166 e. The Morgan fingerprint density at radius 2 is 1.96 bits per heavy atom. The fraction of sp³-hybridized carbons (Fsp3) is 0.500. The Hall–Kier alpha value is -2.08. The molecule has 0 amide bonds. The van der Waals surface area contributed by atoms with Gasteiger partial charge in [0.25, 0.3) is 0 Å². The van der Waals surface area contributed by atoms with E-state index in [2.05, 4.69) is 30.4 Å². The van der Waals surface area contributed by atoms with Crippen molar-refractivity contribution >= 4 is 11.4 Å². The summed E-state index contributed by atoms with van der Waals surface area (Å²) >= 11 is 0. The van der Waals surface area contributed by atoms with Crippen LogP contribution in [0.4, 0.5) is 14.5 Å². The zero-order valence-electron chi connectivity index (χ0n) is 15.8. The number of hydrogen-bond donors (Lipinski definition) is 0. The SMILES string of the molecule is C=C1C2=C(c3cc(F)c(C)c(F)c3N1C)N1CC(C)N(C)CC1CCO2. The van der Waals surface area contributed by atoms with Crippen LogP contribution in [0.5, 0.6) is 0 Å². The molecule has 1 aromatic carbocycles. The molecule has 0 bridgehead atoms. The molecule has 0 N–H and O–H groups in total. The molecule has 140 valence electrons. The summed E-state index contributed by atoms with van der Waals surface area (Å²) in [7, 11) is 3.87. The van der Waals surface area contributed by atoms with Crippen LogP contribution < -0.4 is 4.90 Å². The van der Waals surface area contributed by atoms with Gasteiger partial charge >= 0.3 is 0 Å². The Morgan fingerprint density at radius 1 is 1.23 bits per heavy atom. The maximum absolute atomic E-state index is 15.0. The molecule has 26 heavy (non-hydrogen) atoms. The summed E-state index contributed by atoms with van der Waals surface area (Å²) in [6.45, 7) is 10.0. The van der Waals surface area contributed by atoms with Crippen LogP contribution in [-0.2, 0) is 4.74 Å². The van der Waals surface area contributed by atoms with Crippen LogP contribution in [0.2, 0.25) is 0 Å². The molecule has 0 aromatic heterocycles. The van der Waals surface area contributed by atoms with Crippen LogP contribution in [0.3, 0.4) is 0 Å². The van der Waals surface area contributed by atoms with Crippen LogP contribution >= 0.6 is 0 Å². The third-order valence-electron chi connectivity index (χ3n) is 6.03. The largest absolute Gasteiger partial charge is 0.489 e. The number of piperazine rings is 1. The number of halogens is 2. The average molecular weight is 361 g/mol. The van der Waals surface area contributed by atoms with Crippen molar-refractivity contribution in [3.63, 3.8) is 0 Å². The van der Waals surface area contributed by atoms with Gasteiger partial charge in [-0.1, -0.05) is 6.58 Å². The van der Waals surface area contributed by atoms with Crippen LogP contribution in [0.15, 0.2) is 24.1 Å². The molecule has 3 aliphatic rings. The van der Waals surface area contributed by atoms with Crippen molar-refractivity contribution in [2.45, 2.75) is 32.4 Å². The van der Waals surface area contributed by atoms with E-state index in [4.69, 9.17) is 4.74 Å². The maximum atomic E-state index is 15.0. The van der Waals surface area contributed by atoms with Crippen molar-refractivity contribution < 1.29 is 13.5 Å². The van der Waals surface area contributed by atoms with Crippen LogP contribution in [0, 0.1) is 18.6 Å². The number of anilines is 1. The molecule has 2 unspecified atom stereocenters. The van der Waals surface area contributed by atoms with Gasteiger partial charge < -0.3 is 14.5 Å². The maximum Gasteiger partial charge on any atom is 0.166 e. The number of ether oxygens (including phenoxy) is 1. The lowest BCUT2D eigenvalue weighted by Crippen LogP contribution is -2.55. The minimum absolute atomic E-state index is 0.0327. The number of benzene rings is 1. The molecule has 0 aliphatic carbocycles. The van der Waals surface area contributed by atoms with E-state index in [0.29, 0.717) is 35.4 Å². The van der Waals surface area contributed by atoms with Gasteiger partial charge in [0.2, 0.25) is 0 Å². The Kier molecular flexibility index (Phi) is 3.99. The summed E-state index contributed by atoms with van der Waals surface area (Å²) in [5.74, 6) is -0.419. The lowest BCUT2D eigenvalue weighted by Gasteiger charge is -2.46. The van der Waals surface area contributed by atoms with Gasteiger partial charge in [0.15, 0.2) is 11.6 Å². The minimum Gasteiger partial charge on any atom is -0.489 e. The van der Waals surface area contributed by atoms with E-state index < -0.39 is 11.6 Å². The second-order valence-corrected chi connectivity index (χ2v) is 7.61. The number of likely N-dealkylation sites (N-methyl/N-ethyl adjacent to an activating group) is 2. The van der Waals surface area contributed by atoms with E-state index in [1.165, 1.54) is 13.0 Å². The van der Waals surface area contributed by atoms with E-state index in [1.807, 2.05) is 0 Å². The van der Waals surface area contributed by atoms with Gasteiger partial charge in [-0.25, -0.2) is 8.78 Å².